The lowest BCUT2D eigenvalue weighted by atomic mass is 10.1. The van der Waals surface area contributed by atoms with Gasteiger partial charge in [0.05, 0.1) is 12.4 Å². The number of sulfonamides is 1. The first-order chi connectivity index (χ1) is 11.4. The molecule has 1 aromatic rings. The van der Waals surface area contributed by atoms with Crippen molar-refractivity contribution in [1.29, 1.82) is 0 Å². The Kier molecular flexibility index (Phi) is 6.17. The molecule has 0 saturated carbocycles. The maximum Gasteiger partial charge on any atom is 0.254 e. The van der Waals surface area contributed by atoms with Crippen molar-refractivity contribution in [2.24, 2.45) is 0 Å². The molecule has 0 unspecified atom stereocenters. The van der Waals surface area contributed by atoms with Crippen molar-refractivity contribution in [3.05, 3.63) is 29.6 Å². The van der Waals surface area contributed by atoms with E-state index >= 15 is 0 Å². The monoisotopic (exact) mass is 358 g/mol. The molecule has 1 aromatic carbocycles. The van der Waals surface area contributed by atoms with Gasteiger partial charge in [-0.25, -0.2) is 12.8 Å². The number of hydrogen-bond donors (Lipinski definition) is 0. The molecule has 1 saturated heterocycles. The Bertz CT molecular complexity index is 685. The van der Waals surface area contributed by atoms with Gasteiger partial charge in [0.15, 0.2) is 11.6 Å². The molecular formula is C16H23FN2O4S. The number of piperazine rings is 1. The quantitative estimate of drug-likeness (QED) is 0.777. The predicted octanol–water partition coefficient (Wildman–Crippen LogP) is 1.72. The lowest BCUT2D eigenvalue weighted by Gasteiger charge is -2.34. The van der Waals surface area contributed by atoms with Crippen molar-refractivity contribution in [3.63, 3.8) is 0 Å². The van der Waals surface area contributed by atoms with Crippen molar-refractivity contribution in [3.8, 4) is 5.75 Å². The highest BCUT2D eigenvalue weighted by molar-refractivity contribution is 7.89. The first kappa shape index (κ1) is 18.7. The normalized spacial score (nSPS) is 16.2. The van der Waals surface area contributed by atoms with Gasteiger partial charge in [-0.3, -0.25) is 4.79 Å². The molecule has 2 rings (SSSR count). The van der Waals surface area contributed by atoms with E-state index in [0.717, 1.165) is 6.07 Å². The number of nitrogens with zero attached hydrogens (tertiary/aromatic N) is 2. The van der Waals surface area contributed by atoms with Crippen molar-refractivity contribution < 1.29 is 22.3 Å². The molecule has 1 fully saturated rings. The van der Waals surface area contributed by atoms with E-state index in [2.05, 4.69) is 0 Å². The van der Waals surface area contributed by atoms with Crippen molar-refractivity contribution in [2.45, 2.75) is 20.3 Å². The summed E-state index contributed by atoms with van der Waals surface area (Å²) in [6.45, 7) is 5.06. The predicted molar refractivity (Wildman–Crippen MR) is 89.1 cm³/mol. The van der Waals surface area contributed by atoms with Crippen LogP contribution in [0.5, 0.6) is 5.75 Å². The van der Waals surface area contributed by atoms with Gasteiger partial charge in [-0.15, -0.1) is 0 Å². The Labute approximate surface area is 142 Å². The molecule has 0 spiro atoms. The minimum Gasteiger partial charge on any atom is -0.491 e. The van der Waals surface area contributed by atoms with E-state index in [1.54, 1.807) is 11.8 Å². The van der Waals surface area contributed by atoms with Crippen LogP contribution in [0.2, 0.25) is 0 Å². The van der Waals surface area contributed by atoms with Crippen LogP contribution in [0.15, 0.2) is 18.2 Å². The molecule has 0 N–H and O–H groups in total. The smallest absolute Gasteiger partial charge is 0.254 e. The minimum absolute atomic E-state index is 0.115. The Morgan fingerprint density at radius 1 is 1.21 bits per heavy atom. The summed E-state index contributed by atoms with van der Waals surface area (Å²) in [6.07, 6.45) is 0.562. The molecule has 0 aliphatic carbocycles. The van der Waals surface area contributed by atoms with Gasteiger partial charge in [-0.1, -0.05) is 6.92 Å². The van der Waals surface area contributed by atoms with Crippen LogP contribution < -0.4 is 4.74 Å². The summed E-state index contributed by atoms with van der Waals surface area (Å²) in [4.78, 5) is 14.0. The zero-order valence-corrected chi connectivity index (χ0v) is 14.8. The standard InChI is InChI=1S/C16H23FN2O4S/c1-3-11-24(21,22)19-9-7-18(8-10-19)16(20)13-5-6-15(23-4-2)14(17)12-13/h5-6,12H,3-4,7-11H2,1-2H3. The fourth-order valence-electron chi connectivity index (χ4n) is 2.65. The molecule has 1 heterocycles. The molecule has 0 atom stereocenters. The molecule has 24 heavy (non-hydrogen) atoms. The van der Waals surface area contributed by atoms with E-state index in [1.165, 1.54) is 16.4 Å². The van der Waals surface area contributed by atoms with E-state index < -0.39 is 15.8 Å². The molecule has 1 aliphatic rings. The van der Waals surface area contributed by atoms with Crippen LogP contribution >= 0.6 is 0 Å². The highest BCUT2D eigenvalue weighted by atomic mass is 32.2. The fourth-order valence-corrected chi connectivity index (χ4v) is 4.14. The summed E-state index contributed by atoms with van der Waals surface area (Å²) < 4.78 is 44.5. The maximum atomic E-state index is 13.9. The van der Waals surface area contributed by atoms with Gasteiger partial charge in [0, 0.05) is 31.7 Å². The summed E-state index contributed by atoms with van der Waals surface area (Å²) >= 11 is 0. The van der Waals surface area contributed by atoms with Gasteiger partial charge in [-0.05, 0) is 31.5 Å². The Morgan fingerprint density at radius 3 is 2.42 bits per heavy atom. The van der Waals surface area contributed by atoms with E-state index in [4.69, 9.17) is 4.74 Å². The fraction of sp³-hybridized carbons (Fsp3) is 0.562. The van der Waals surface area contributed by atoms with Crippen LogP contribution in [0.3, 0.4) is 0 Å². The Hall–Kier alpha value is -1.67. The molecule has 0 radical (unpaired) electrons. The van der Waals surface area contributed by atoms with Crippen LogP contribution in [0.4, 0.5) is 4.39 Å². The minimum atomic E-state index is -3.25. The first-order valence-corrected chi connectivity index (χ1v) is 9.69. The van der Waals surface area contributed by atoms with E-state index in [-0.39, 0.29) is 36.1 Å². The molecule has 8 heteroatoms. The maximum absolute atomic E-state index is 13.9. The van der Waals surface area contributed by atoms with E-state index in [9.17, 15) is 17.6 Å². The average Bonchev–Trinajstić information content (AvgIpc) is 2.56. The largest absolute Gasteiger partial charge is 0.491 e. The number of carbonyl (C=O) groups excluding carboxylic acids is 1. The molecule has 1 amide bonds. The summed E-state index contributed by atoms with van der Waals surface area (Å²) in [5, 5.41) is 0. The van der Waals surface area contributed by atoms with Crippen LogP contribution in [0.1, 0.15) is 30.6 Å². The Morgan fingerprint density at radius 2 is 1.88 bits per heavy atom. The molecule has 0 aromatic heterocycles. The van der Waals surface area contributed by atoms with Gasteiger partial charge < -0.3 is 9.64 Å². The highest BCUT2D eigenvalue weighted by Gasteiger charge is 2.28. The topological polar surface area (TPSA) is 66.9 Å². The first-order valence-electron chi connectivity index (χ1n) is 8.08. The van der Waals surface area contributed by atoms with Gasteiger partial charge in [0.1, 0.15) is 0 Å². The Balaban J connectivity index is 2.01. The third-order valence-electron chi connectivity index (χ3n) is 3.86. The van der Waals surface area contributed by atoms with Crippen molar-refractivity contribution in [2.75, 3.05) is 38.5 Å². The zero-order valence-electron chi connectivity index (χ0n) is 14.0. The zero-order chi connectivity index (χ0) is 17.7. The number of amides is 1. The van der Waals surface area contributed by atoms with Gasteiger partial charge in [0.25, 0.3) is 5.91 Å². The number of ether oxygens (including phenoxy) is 1. The van der Waals surface area contributed by atoms with E-state index in [1.807, 2.05) is 6.92 Å². The molecule has 6 nitrogen and oxygen atoms in total. The average molecular weight is 358 g/mol. The lowest BCUT2D eigenvalue weighted by molar-refractivity contribution is 0.0697. The lowest BCUT2D eigenvalue weighted by Crippen LogP contribution is -2.51. The number of halogens is 1. The summed E-state index contributed by atoms with van der Waals surface area (Å²) in [6, 6.07) is 4.12. The van der Waals surface area contributed by atoms with Gasteiger partial charge in [0.2, 0.25) is 10.0 Å². The number of hydrogen-bond acceptors (Lipinski definition) is 4. The van der Waals surface area contributed by atoms with Gasteiger partial charge >= 0.3 is 0 Å². The molecular weight excluding hydrogens is 335 g/mol. The second-order valence-electron chi connectivity index (χ2n) is 5.59. The summed E-state index contributed by atoms with van der Waals surface area (Å²) in [7, 11) is -3.25. The summed E-state index contributed by atoms with van der Waals surface area (Å²) in [5.74, 6) is -0.647. The highest BCUT2D eigenvalue weighted by Crippen LogP contribution is 2.20. The second-order valence-corrected chi connectivity index (χ2v) is 7.67. The van der Waals surface area contributed by atoms with Crippen LogP contribution in [0, 0.1) is 5.82 Å². The van der Waals surface area contributed by atoms with Crippen LogP contribution in [-0.2, 0) is 10.0 Å². The van der Waals surface area contributed by atoms with Crippen molar-refractivity contribution in [1.82, 2.24) is 9.21 Å². The number of benzene rings is 1. The SMILES string of the molecule is CCCS(=O)(=O)N1CCN(C(=O)c2ccc(OCC)c(F)c2)CC1. The van der Waals surface area contributed by atoms with Crippen LogP contribution in [-0.4, -0.2) is 62.1 Å². The number of rotatable bonds is 6. The third-order valence-corrected chi connectivity index (χ3v) is 5.94. The van der Waals surface area contributed by atoms with E-state index in [0.29, 0.717) is 26.1 Å². The molecule has 0 bridgehead atoms. The van der Waals surface area contributed by atoms with Gasteiger partial charge in [-0.2, -0.15) is 4.31 Å². The second kappa shape index (κ2) is 7.94. The third kappa shape index (κ3) is 4.24. The van der Waals surface area contributed by atoms with Crippen LogP contribution in [0.25, 0.3) is 0 Å². The molecule has 1 aliphatic heterocycles. The number of carbonyl (C=O) groups is 1. The molecule has 134 valence electrons. The summed E-state index contributed by atoms with van der Waals surface area (Å²) in [5.41, 5.74) is 0.237. The van der Waals surface area contributed by atoms with Crippen molar-refractivity contribution >= 4 is 15.9 Å².